The van der Waals surface area contributed by atoms with E-state index in [-0.39, 0.29) is 0 Å². The van der Waals surface area contributed by atoms with Crippen molar-refractivity contribution in [2.45, 2.75) is 0 Å². The van der Waals surface area contributed by atoms with E-state index in [2.05, 4.69) is 32.9 Å². The zero-order chi connectivity index (χ0) is 16.1. The van der Waals surface area contributed by atoms with Gasteiger partial charge in [-0.15, -0.1) is 0 Å². The molecular weight excluding hydrogens is 286 g/mol. The van der Waals surface area contributed by atoms with E-state index in [0.717, 1.165) is 22.7 Å². The Balaban J connectivity index is 1.81. The molecule has 0 bridgehead atoms. The summed E-state index contributed by atoms with van der Waals surface area (Å²) in [5, 5.41) is 2.08. The molecule has 2 aromatic heterocycles. The minimum atomic E-state index is 0.864. The molecule has 0 N–H and O–H groups in total. The van der Waals surface area contributed by atoms with Crippen LogP contribution in [-0.2, 0) is 0 Å². The smallest absolute Gasteiger partial charge is 0.118 e. The lowest BCUT2D eigenvalue weighted by molar-refractivity contribution is 0.415. The van der Waals surface area contributed by atoms with E-state index in [1.54, 1.807) is 19.5 Å². The molecule has 0 aliphatic heterocycles. The van der Waals surface area contributed by atoms with Crippen molar-refractivity contribution in [2.75, 3.05) is 19.2 Å². The van der Waals surface area contributed by atoms with E-state index in [1.807, 2.05) is 55.7 Å². The third kappa shape index (κ3) is 3.43. The number of ether oxygens (including phenoxy) is 1. The van der Waals surface area contributed by atoms with E-state index >= 15 is 0 Å². The van der Waals surface area contributed by atoms with Crippen LogP contribution in [0.2, 0.25) is 0 Å². The second-order valence-electron chi connectivity index (χ2n) is 5.11. The fraction of sp³-hybridized carbons (Fsp3) is 0.105. The molecule has 0 spiro atoms. The molecule has 23 heavy (non-hydrogen) atoms. The molecular formula is C19H19N3O. The van der Waals surface area contributed by atoms with Gasteiger partial charge >= 0.3 is 0 Å². The molecule has 0 saturated carbocycles. The Kier molecular flexibility index (Phi) is 4.43. The summed E-state index contributed by atoms with van der Waals surface area (Å²) in [4.78, 5) is 4.06. The molecule has 0 saturated heterocycles. The first kappa shape index (κ1) is 14.9. The summed E-state index contributed by atoms with van der Waals surface area (Å²) in [6, 6.07) is 16.1. The highest BCUT2D eigenvalue weighted by molar-refractivity contribution is 5.69. The Bertz CT molecular complexity index is 776. The molecule has 0 unspecified atom stereocenters. The van der Waals surface area contributed by atoms with Gasteiger partial charge in [-0.2, -0.15) is 0 Å². The molecule has 3 aromatic rings. The number of pyridine rings is 1. The lowest BCUT2D eigenvalue weighted by Gasteiger charge is -2.22. The van der Waals surface area contributed by atoms with Gasteiger partial charge in [-0.1, -0.05) is 18.2 Å². The normalized spacial score (nSPS) is 10.9. The van der Waals surface area contributed by atoms with Crippen molar-refractivity contribution in [2.24, 2.45) is 0 Å². The van der Waals surface area contributed by atoms with Crippen molar-refractivity contribution in [1.82, 2.24) is 9.66 Å². The Morgan fingerprint density at radius 1 is 1.00 bits per heavy atom. The number of nitrogens with zero attached hydrogens (tertiary/aromatic N) is 3. The summed E-state index contributed by atoms with van der Waals surface area (Å²) in [5.74, 6) is 0.864. The number of hydrogen-bond donors (Lipinski definition) is 0. The van der Waals surface area contributed by atoms with E-state index in [4.69, 9.17) is 4.74 Å². The van der Waals surface area contributed by atoms with E-state index in [1.165, 1.54) is 0 Å². The van der Waals surface area contributed by atoms with Crippen molar-refractivity contribution < 1.29 is 4.74 Å². The molecule has 1 aromatic carbocycles. The largest absolute Gasteiger partial charge is 0.497 e. The second-order valence-corrected chi connectivity index (χ2v) is 5.11. The van der Waals surface area contributed by atoms with Crippen LogP contribution >= 0.6 is 0 Å². The molecule has 3 rings (SSSR count). The maximum atomic E-state index is 5.18. The Hall–Kier alpha value is -3.01. The van der Waals surface area contributed by atoms with Gasteiger partial charge in [0, 0.05) is 25.6 Å². The van der Waals surface area contributed by atoms with Crippen LogP contribution in [0.1, 0.15) is 11.3 Å². The number of methoxy groups -OCH3 is 1. The predicted molar refractivity (Wildman–Crippen MR) is 94.4 cm³/mol. The summed E-state index contributed by atoms with van der Waals surface area (Å²) in [5.41, 5.74) is 3.31. The average Bonchev–Trinajstić information content (AvgIpc) is 3.09. The molecule has 0 radical (unpaired) electrons. The number of anilines is 1. The molecule has 116 valence electrons. The highest BCUT2D eigenvalue weighted by Crippen LogP contribution is 2.17. The van der Waals surface area contributed by atoms with Crippen LogP contribution in [-0.4, -0.2) is 23.8 Å². The quantitative estimate of drug-likeness (QED) is 0.714. The first-order valence-electron chi connectivity index (χ1n) is 7.41. The van der Waals surface area contributed by atoms with Gasteiger partial charge in [0.25, 0.3) is 0 Å². The zero-order valence-corrected chi connectivity index (χ0v) is 13.3. The summed E-state index contributed by atoms with van der Waals surface area (Å²) in [7, 11) is 3.70. The van der Waals surface area contributed by atoms with Gasteiger partial charge < -0.3 is 4.74 Å². The first-order valence-corrected chi connectivity index (χ1v) is 7.41. The minimum absolute atomic E-state index is 0.864. The highest BCUT2D eigenvalue weighted by Gasteiger charge is 2.05. The Morgan fingerprint density at radius 2 is 1.74 bits per heavy atom. The van der Waals surface area contributed by atoms with E-state index in [9.17, 15) is 0 Å². The fourth-order valence-electron chi connectivity index (χ4n) is 2.37. The molecule has 0 atom stereocenters. The number of rotatable bonds is 5. The molecule has 4 nitrogen and oxygen atoms in total. The number of aromatic nitrogens is 2. The van der Waals surface area contributed by atoms with Crippen LogP contribution in [0.15, 0.2) is 67.1 Å². The summed E-state index contributed by atoms with van der Waals surface area (Å²) >= 11 is 0. The lowest BCUT2D eigenvalue weighted by atomic mass is 10.2. The van der Waals surface area contributed by atoms with Gasteiger partial charge in [0.05, 0.1) is 18.5 Å². The van der Waals surface area contributed by atoms with Crippen LogP contribution in [0.3, 0.4) is 0 Å². The molecule has 4 heteroatoms. The highest BCUT2D eigenvalue weighted by atomic mass is 16.5. The molecule has 0 aliphatic rings. The summed E-state index contributed by atoms with van der Waals surface area (Å²) < 4.78 is 7.27. The van der Waals surface area contributed by atoms with Crippen molar-refractivity contribution >= 4 is 17.8 Å². The number of benzene rings is 1. The predicted octanol–water partition coefficient (Wildman–Crippen LogP) is 3.96. The van der Waals surface area contributed by atoms with Crippen molar-refractivity contribution in [3.63, 3.8) is 0 Å². The van der Waals surface area contributed by atoms with Crippen LogP contribution < -0.4 is 9.75 Å². The maximum Gasteiger partial charge on any atom is 0.118 e. The molecule has 2 heterocycles. The van der Waals surface area contributed by atoms with E-state index < -0.39 is 0 Å². The first-order chi connectivity index (χ1) is 11.3. The standard InChI is InChI=1S/C19H19N3O/c1-21(17-11-13-20-14-12-17)22-15-3-4-18(22)8-5-16-6-9-19(23-2)10-7-16/h3-15H,1-2H3/b8-5+. The summed E-state index contributed by atoms with van der Waals surface area (Å²) in [6.07, 6.45) is 9.81. The number of hydrogen-bond acceptors (Lipinski definition) is 3. The Labute approximate surface area is 136 Å². The SMILES string of the molecule is COc1ccc(/C=C/c2cccn2N(C)c2ccncc2)cc1. The zero-order valence-electron chi connectivity index (χ0n) is 13.3. The third-order valence-electron chi connectivity index (χ3n) is 3.68. The van der Waals surface area contributed by atoms with Gasteiger partial charge in [0.15, 0.2) is 0 Å². The monoisotopic (exact) mass is 305 g/mol. The van der Waals surface area contributed by atoms with Gasteiger partial charge in [0.1, 0.15) is 5.75 Å². The van der Waals surface area contributed by atoms with Gasteiger partial charge in [-0.25, -0.2) is 0 Å². The van der Waals surface area contributed by atoms with Gasteiger partial charge in [-0.3, -0.25) is 14.7 Å². The third-order valence-corrected chi connectivity index (χ3v) is 3.68. The topological polar surface area (TPSA) is 30.3 Å². The van der Waals surface area contributed by atoms with Gasteiger partial charge in [-0.05, 0) is 48.0 Å². The van der Waals surface area contributed by atoms with Crippen LogP contribution in [0.25, 0.3) is 12.2 Å². The fourth-order valence-corrected chi connectivity index (χ4v) is 2.37. The average molecular weight is 305 g/mol. The van der Waals surface area contributed by atoms with Crippen LogP contribution in [0.4, 0.5) is 5.69 Å². The van der Waals surface area contributed by atoms with E-state index in [0.29, 0.717) is 0 Å². The van der Waals surface area contributed by atoms with Gasteiger partial charge in [0.2, 0.25) is 0 Å². The summed E-state index contributed by atoms with van der Waals surface area (Å²) in [6.45, 7) is 0. The van der Waals surface area contributed by atoms with Crippen molar-refractivity contribution in [3.8, 4) is 5.75 Å². The van der Waals surface area contributed by atoms with Crippen molar-refractivity contribution in [1.29, 1.82) is 0 Å². The van der Waals surface area contributed by atoms with Crippen LogP contribution in [0, 0.1) is 0 Å². The van der Waals surface area contributed by atoms with Crippen molar-refractivity contribution in [3.05, 3.63) is 78.4 Å². The lowest BCUT2D eigenvalue weighted by Crippen LogP contribution is -2.24. The molecule has 0 aliphatic carbocycles. The van der Waals surface area contributed by atoms with Crippen LogP contribution in [0.5, 0.6) is 5.75 Å². The second kappa shape index (κ2) is 6.83. The maximum absolute atomic E-state index is 5.18. The Morgan fingerprint density at radius 3 is 2.43 bits per heavy atom. The minimum Gasteiger partial charge on any atom is -0.497 e. The molecule has 0 fully saturated rings. The molecule has 0 amide bonds.